The van der Waals surface area contributed by atoms with E-state index >= 15 is 0 Å². The fourth-order valence-electron chi connectivity index (χ4n) is 1.29. The summed E-state index contributed by atoms with van der Waals surface area (Å²) < 4.78 is 52.5. The smallest absolute Gasteiger partial charge is 0.211 e. The van der Waals surface area contributed by atoms with E-state index in [4.69, 9.17) is 0 Å². The second-order valence-corrected chi connectivity index (χ2v) is 6.01. The van der Waals surface area contributed by atoms with E-state index in [-0.39, 0.29) is 12.5 Å². The summed E-state index contributed by atoms with van der Waals surface area (Å²) in [6.07, 6.45) is 0. The van der Waals surface area contributed by atoms with Crippen molar-refractivity contribution in [2.75, 3.05) is 6.54 Å². The molecule has 3 nitrogen and oxygen atoms in total. The second-order valence-electron chi connectivity index (χ2n) is 4.30. The fraction of sp³-hybridized carbons (Fsp3) is 0.455. The lowest BCUT2D eigenvalue weighted by Crippen LogP contribution is -2.29. The predicted molar refractivity (Wildman–Crippen MR) is 61.1 cm³/mol. The minimum Gasteiger partial charge on any atom is -0.211 e. The molecule has 0 aliphatic rings. The van der Waals surface area contributed by atoms with Crippen LogP contribution in [0.15, 0.2) is 17.0 Å². The minimum absolute atomic E-state index is 0.0568. The lowest BCUT2D eigenvalue weighted by Gasteiger charge is -2.10. The molecule has 0 amide bonds. The molecule has 0 radical (unpaired) electrons. The summed E-state index contributed by atoms with van der Waals surface area (Å²) in [7, 11) is -4.13. The molecule has 0 bridgehead atoms. The van der Waals surface area contributed by atoms with Crippen molar-refractivity contribution in [2.45, 2.75) is 25.7 Å². The zero-order chi connectivity index (χ0) is 13.2. The first-order valence-electron chi connectivity index (χ1n) is 5.19. The van der Waals surface area contributed by atoms with Crippen LogP contribution in [0.3, 0.4) is 0 Å². The average molecular weight is 263 g/mol. The summed E-state index contributed by atoms with van der Waals surface area (Å²) >= 11 is 0. The number of hydrogen-bond donors (Lipinski definition) is 1. The first-order chi connectivity index (χ1) is 7.74. The molecule has 0 aliphatic heterocycles. The number of rotatable bonds is 4. The Kier molecular flexibility index (Phi) is 4.21. The maximum absolute atomic E-state index is 13.5. The highest BCUT2D eigenvalue weighted by Crippen LogP contribution is 2.20. The number of nitrogens with one attached hydrogen (secondary N) is 1. The molecule has 0 aromatic heterocycles. The Labute approximate surface area is 99.9 Å². The molecule has 0 heterocycles. The third-order valence-electron chi connectivity index (χ3n) is 2.09. The molecule has 0 unspecified atom stereocenters. The molecule has 1 rings (SSSR count). The number of hydrogen-bond acceptors (Lipinski definition) is 2. The monoisotopic (exact) mass is 263 g/mol. The van der Waals surface area contributed by atoms with Gasteiger partial charge in [-0.1, -0.05) is 13.8 Å². The van der Waals surface area contributed by atoms with Crippen LogP contribution in [0.25, 0.3) is 0 Å². The van der Waals surface area contributed by atoms with Gasteiger partial charge in [-0.3, -0.25) is 0 Å². The van der Waals surface area contributed by atoms with Gasteiger partial charge in [0.05, 0.1) is 0 Å². The highest BCUT2D eigenvalue weighted by molar-refractivity contribution is 7.89. The molecule has 6 heteroatoms. The van der Waals surface area contributed by atoms with Crippen LogP contribution >= 0.6 is 0 Å². The Balaban J connectivity index is 3.16. The molecule has 1 N–H and O–H groups in total. The Morgan fingerprint density at radius 1 is 1.24 bits per heavy atom. The van der Waals surface area contributed by atoms with Gasteiger partial charge in [-0.2, -0.15) is 0 Å². The van der Waals surface area contributed by atoms with Crippen LogP contribution in [0.4, 0.5) is 8.78 Å². The summed E-state index contributed by atoms with van der Waals surface area (Å²) in [5, 5.41) is 0. The van der Waals surface area contributed by atoms with Crippen molar-refractivity contribution in [3.05, 3.63) is 29.3 Å². The van der Waals surface area contributed by atoms with Crippen LogP contribution < -0.4 is 4.72 Å². The lowest BCUT2D eigenvalue weighted by molar-refractivity contribution is 0.507. The first-order valence-corrected chi connectivity index (χ1v) is 6.67. The summed E-state index contributed by atoms with van der Waals surface area (Å²) in [5.74, 6) is -2.08. The molecule has 0 aliphatic carbocycles. The largest absolute Gasteiger partial charge is 0.246 e. The summed E-state index contributed by atoms with van der Waals surface area (Å²) in [6, 6.07) is 1.99. The van der Waals surface area contributed by atoms with E-state index in [1.165, 1.54) is 6.92 Å². The van der Waals surface area contributed by atoms with Crippen LogP contribution in [-0.4, -0.2) is 15.0 Å². The van der Waals surface area contributed by atoms with Gasteiger partial charge in [0, 0.05) is 6.54 Å². The van der Waals surface area contributed by atoms with Crippen LogP contribution in [0.2, 0.25) is 0 Å². The predicted octanol–water partition coefficient (Wildman–Crippen LogP) is 2.21. The fourth-order valence-corrected chi connectivity index (χ4v) is 2.62. The van der Waals surface area contributed by atoms with Gasteiger partial charge >= 0.3 is 0 Å². The molecular weight excluding hydrogens is 248 g/mol. The SMILES string of the molecule is Cc1cc(F)c(S(=O)(=O)NCC(C)C)c(F)c1. The normalized spacial score (nSPS) is 12.1. The van der Waals surface area contributed by atoms with E-state index < -0.39 is 26.6 Å². The van der Waals surface area contributed by atoms with Crippen LogP contribution in [0, 0.1) is 24.5 Å². The Bertz CT molecular complexity index is 489. The third-order valence-corrected chi connectivity index (χ3v) is 3.57. The van der Waals surface area contributed by atoms with Crippen molar-refractivity contribution >= 4 is 10.0 Å². The molecule has 0 saturated carbocycles. The molecule has 0 fully saturated rings. The van der Waals surface area contributed by atoms with Crippen molar-refractivity contribution in [2.24, 2.45) is 5.92 Å². The number of aryl methyl sites for hydroxylation is 1. The number of benzene rings is 1. The van der Waals surface area contributed by atoms with Gasteiger partial charge in [0.2, 0.25) is 10.0 Å². The van der Waals surface area contributed by atoms with Gasteiger partial charge in [-0.15, -0.1) is 0 Å². The van der Waals surface area contributed by atoms with E-state index in [2.05, 4.69) is 4.72 Å². The third kappa shape index (κ3) is 3.47. The standard InChI is InChI=1S/C11H15F2NO2S/c1-7(2)6-14-17(15,16)11-9(12)4-8(3)5-10(11)13/h4-5,7,14H,6H2,1-3H3. The van der Waals surface area contributed by atoms with Crippen LogP contribution in [-0.2, 0) is 10.0 Å². The molecule has 1 aromatic rings. The molecule has 17 heavy (non-hydrogen) atoms. The topological polar surface area (TPSA) is 46.2 Å². The molecule has 1 aromatic carbocycles. The average Bonchev–Trinajstić information content (AvgIpc) is 2.12. The molecule has 0 spiro atoms. The Morgan fingerprint density at radius 2 is 1.71 bits per heavy atom. The van der Waals surface area contributed by atoms with Crippen molar-refractivity contribution in [3.8, 4) is 0 Å². The van der Waals surface area contributed by atoms with Gasteiger partial charge in [-0.05, 0) is 30.5 Å². The zero-order valence-electron chi connectivity index (χ0n) is 9.92. The number of sulfonamides is 1. The van der Waals surface area contributed by atoms with E-state index in [1.807, 2.05) is 0 Å². The van der Waals surface area contributed by atoms with Crippen molar-refractivity contribution < 1.29 is 17.2 Å². The van der Waals surface area contributed by atoms with Gasteiger partial charge in [0.15, 0.2) is 4.90 Å². The lowest BCUT2D eigenvalue weighted by atomic mass is 10.2. The van der Waals surface area contributed by atoms with E-state index in [0.29, 0.717) is 5.56 Å². The molecular formula is C11H15F2NO2S. The number of halogens is 2. The highest BCUT2D eigenvalue weighted by Gasteiger charge is 2.24. The summed E-state index contributed by atoms with van der Waals surface area (Å²) in [4.78, 5) is -0.913. The van der Waals surface area contributed by atoms with Crippen molar-refractivity contribution in [3.63, 3.8) is 0 Å². The Morgan fingerprint density at radius 3 is 2.12 bits per heavy atom. The summed E-state index contributed by atoms with van der Waals surface area (Å²) in [5.41, 5.74) is 0.336. The van der Waals surface area contributed by atoms with Crippen molar-refractivity contribution in [1.29, 1.82) is 0 Å². The van der Waals surface area contributed by atoms with Crippen LogP contribution in [0.1, 0.15) is 19.4 Å². The summed E-state index contributed by atoms with van der Waals surface area (Å²) in [6.45, 7) is 5.22. The van der Waals surface area contributed by atoms with Gasteiger partial charge in [0.1, 0.15) is 11.6 Å². The van der Waals surface area contributed by atoms with E-state index in [0.717, 1.165) is 12.1 Å². The minimum atomic E-state index is -4.13. The molecule has 0 saturated heterocycles. The maximum Gasteiger partial charge on any atom is 0.246 e. The quantitative estimate of drug-likeness (QED) is 0.905. The zero-order valence-corrected chi connectivity index (χ0v) is 10.7. The first kappa shape index (κ1) is 14.1. The highest BCUT2D eigenvalue weighted by atomic mass is 32.2. The molecule has 96 valence electrons. The van der Waals surface area contributed by atoms with E-state index in [1.54, 1.807) is 13.8 Å². The molecule has 0 atom stereocenters. The maximum atomic E-state index is 13.5. The second kappa shape index (κ2) is 5.10. The van der Waals surface area contributed by atoms with Gasteiger partial charge < -0.3 is 0 Å². The van der Waals surface area contributed by atoms with Crippen molar-refractivity contribution in [1.82, 2.24) is 4.72 Å². The van der Waals surface area contributed by atoms with Crippen LogP contribution in [0.5, 0.6) is 0 Å². The Hall–Kier alpha value is -1.01. The van der Waals surface area contributed by atoms with Gasteiger partial charge in [-0.25, -0.2) is 21.9 Å². The van der Waals surface area contributed by atoms with Gasteiger partial charge in [0.25, 0.3) is 0 Å². The van der Waals surface area contributed by atoms with E-state index in [9.17, 15) is 17.2 Å².